The number of nitrogens with two attached hydrogens (primary N) is 1. The molecule has 14 heteroatoms. The van der Waals surface area contributed by atoms with Gasteiger partial charge in [-0.1, -0.05) is 39.2 Å². The molecule has 5 rings (SSSR count). The van der Waals surface area contributed by atoms with E-state index in [1.54, 1.807) is 5.43 Å². The van der Waals surface area contributed by atoms with Crippen LogP contribution < -0.4 is 16.5 Å². The van der Waals surface area contributed by atoms with Crippen molar-refractivity contribution in [1.82, 2.24) is 10.7 Å². The topological polar surface area (TPSA) is 158 Å². The van der Waals surface area contributed by atoms with Gasteiger partial charge in [0.25, 0.3) is 5.96 Å². The van der Waals surface area contributed by atoms with Crippen LogP contribution in [-0.2, 0) is 14.1 Å². The van der Waals surface area contributed by atoms with Gasteiger partial charge in [-0.25, -0.2) is 23.9 Å². The predicted molar refractivity (Wildman–Crippen MR) is 156 cm³/mol. The molecule has 0 spiro atoms. The Kier molecular flexibility index (Phi) is 9.80. The first kappa shape index (κ1) is 32.8. The lowest BCUT2D eigenvalue weighted by Crippen LogP contribution is -2.65. The summed E-state index contributed by atoms with van der Waals surface area (Å²) < 4.78 is 41.3. The molecule has 43 heavy (non-hydrogen) atoms. The van der Waals surface area contributed by atoms with Crippen LogP contribution in [0.1, 0.15) is 83.5 Å². The number of aliphatic imine (C=N–C) groups is 1. The molecule has 3 saturated carbocycles. The molecule has 1 amide bonds. The van der Waals surface area contributed by atoms with Gasteiger partial charge in [-0.05, 0) is 74.3 Å². The number of hydrogen-bond acceptors (Lipinski definition) is 7. The summed E-state index contributed by atoms with van der Waals surface area (Å²) >= 11 is 0. The number of guanidine groups is 1. The first-order chi connectivity index (χ1) is 20.1. The van der Waals surface area contributed by atoms with Crippen LogP contribution in [0.15, 0.2) is 23.2 Å². The highest BCUT2D eigenvalue weighted by atomic mass is 19.2. The Labute approximate surface area is 251 Å². The highest BCUT2D eigenvalue weighted by Gasteiger charge is 2.68. The van der Waals surface area contributed by atoms with Gasteiger partial charge >= 0.3 is 7.12 Å². The Morgan fingerprint density at radius 1 is 1.26 bits per heavy atom. The molecule has 1 aromatic rings. The summed E-state index contributed by atoms with van der Waals surface area (Å²) in [6.45, 7) is 10.7. The van der Waals surface area contributed by atoms with Crippen molar-refractivity contribution in [3.8, 4) is 0 Å². The zero-order valence-electron chi connectivity index (χ0n) is 25.4. The zero-order valence-corrected chi connectivity index (χ0v) is 25.4. The van der Waals surface area contributed by atoms with Crippen molar-refractivity contribution in [2.75, 3.05) is 6.54 Å². The highest BCUT2D eigenvalue weighted by Crippen LogP contribution is 2.65. The minimum atomic E-state index is -1.27. The van der Waals surface area contributed by atoms with E-state index in [2.05, 4.69) is 31.1 Å². The van der Waals surface area contributed by atoms with Crippen molar-refractivity contribution in [3.63, 3.8) is 0 Å². The monoisotopic (exact) mass is 605 g/mol. The number of nitro groups is 1. The van der Waals surface area contributed by atoms with Crippen LogP contribution in [0, 0.1) is 50.8 Å². The molecule has 4 aliphatic rings. The van der Waals surface area contributed by atoms with Gasteiger partial charge in [0.1, 0.15) is 0 Å². The minimum absolute atomic E-state index is 0.0433. The van der Waals surface area contributed by atoms with Crippen LogP contribution in [-0.4, -0.2) is 54.0 Å². The summed E-state index contributed by atoms with van der Waals surface area (Å²) in [5, 5.41) is 12.8. The Morgan fingerprint density at radius 2 is 1.98 bits per heavy atom. The third-order valence-electron chi connectivity index (χ3n) is 9.60. The van der Waals surface area contributed by atoms with E-state index in [1.165, 1.54) is 12.1 Å². The molecule has 4 N–H and O–H groups in total. The fourth-order valence-electron chi connectivity index (χ4n) is 7.16. The average Bonchev–Trinajstić information content (AvgIpc) is 3.27. The van der Waals surface area contributed by atoms with E-state index in [0.29, 0.717) is 18.3 Å². The second-order valence-corrected chi connectivity index (χ2v) is 13.3. The SMILES string of the molecule is CC(C)C[C@H](NC(=O)[C@H](CCCN=C(N)N[N+](=O)[O-])CC(=O)c1cccc(F)c1F)B1O[C@@H]2C[C@H]3C[C@H](C3(C)C)[C@]2(C)O1. The molecule has 236 valence electrons. The molecular formula is C29H42BF2N5O6. The summed E-state index contributed by atoms with van der Waals surface area (Å²) in [6.07, 6.45) is 2.47. The van der Waals surface area contributed by atoms with Crippen LogP contribution >= 0.6 is 0 Å². The van der Waals surface area contributed by atoms with Crippen molar-refractivity contribution in [3.05, 3.63) is 45.5 Å². The summed E-state index contributed by atoms with van der Waals surface area (Å²) in [5.74, 6) is -4.32. The fraction of sp³-hybridized carbons (Fsp3) is 0.690. The molecule has 2 bridgehead atoms. The van der Waals surface area contributed by atoms with Gasteiger partial charge in [0, 0.05) is 18.9 Å². The normalized spacial score (nSPS) is 27.2. The van der Waals surface area contributed by atoms with Gasteiger partial charge in [-0.3, -0.25) is 9.59 Å². The molecule has 1 aliphatic heterocycles. The van der Waals surface area contributed by atoms with E-state index >= 15 is 0 Å². The second-order valence-electron chi connectivity index (χ2n) is 13.3. The molecule has 0 unspecified atom stereocenters. The first-order valence-electron chi connectivity index (χ1n) is 14.9. The molecule has 1 aromatic carbocycles. The number of nitrogens with one attached hydrogen (secondary N) is 2. The number of hydrazine groups is 1. The smallest absolute Gasteiger partial charge is 0.404 e. The van der Waals surface area contributed by atoms with E-state index in [9.17, 15) is 28.5 Å². The minimum Gasteiger partial charge on any atom is -0.404 e. The van der Waals surface area contributed by atoms with Crippen molar-refractivity contribution in [2.45, 2.75) is 90.8 Å². The summed E-state index contributed by atoms with van der Waals surface area (Å²) in [4.78, 5) is 41.2. The molecule has 0 radical (unpaired) electrons. The number of rotatable bonds is 13. The van der Waals surface area contributed by atoms with Gasteiger partial charge < -0.3 is 20.4 Å². The van der Waals surface area contributed by atoms with Crippen molar-refractivity contribution in [1.29, 1.82) is 0 Å². The number of halogens is 2. The van der Waals surface area contributed by atoms with Crippen LogP contribution in [0.5, 0.6) is 0 Å². The largest absolute Gasteiger partial charge is 0.481 e. The maximum atomic E-state index is 14.4. The molecule has 11 nitrogen and oxygen atoms in total. The quantitative estimate of drug-likeness (QED) is 0.0582. The van der Waals surface area contributed by atoms with Crippen LogP contribution in [0.2, 0.25) is 0 Å². The van der Waals surface area contributed by atoms with E-state index in [-0.39, 0.29) is 43.2 Å². The molecule has 1 saturated heterocycles. The van der Waals surface area contributed by atoms with Gasteiger partial charge in [-0.2, -0.15) is 0 Å². The van der Waals surface area contributed by atoms with E-state index in [1.807, 2.05) is 13.8 Å². The first-order valence-corrected chi connectivity index (χ1v) is 14.9. The van der Waals surface area contributed by atoms with E-state index in [4.69, 9.17) is 15.0 Å². The van der Waals surface area contributed by atoms with Gasteiger partial charge in [0.2, 0.25) is 5.91 Å². The lowest BCUT2D eigenvalue weighted by atomic mass is 9.43. The maximum Gasteiger partial charge on any atom is 0.481 e. The molecule has 6 atom stereocenters. The van der Waals surface area contributed by atoms with Gasteiger partial charge in [-0.15, -0.1) is 0 Å². The van der Waals surface area contributed by atoms with E-state index in [0.717, 1.165) is 18.9 Å². The fourth-order valence-corrected chi connectivity index (χ4v) is 7.16. The van der Waals surface area contributed by atoms with Gasteiger partial charge in [0.15, 0.2) is 22.5 Å². The summed E-state index contributed by atoms with van der Waals surface area (Å²) in [6, 6.07) is 3.33. The summed E-state index contributed by atoms with van der Waals surface area (Å²) in [5.41, 5.74) is 6.46. The predicted octanol–water partition coefficient (Wildman–Crippen LogP) is 3.83. The number of carbonyl (C=O) groups excluding carboxylic acids is 2. The van der Waals surface area contributed by atoms with Crippen LogP contribution in [0.3, 0.4) is 0 Å². The third-order valence-corrected chi connectivity index (χ3v) is 9.60. The Morgan fingerprint density at radius 3 is 2.63 bits per heavy atom. The molecule has 0 aromatic heterocycles. The molecular weight excluding hydrogens is 563 g/mol. The Balaban J connectivity index is 1.49. The number of Topliss-reactive ketones (excluding diaryl/α,β-unsaturated/α-hetero) is 1. The lowest BCUT2D eigenvalue weighted by molar-refractivity contribution is -0.525. The molecule has 3 aliphatic carbocycles. The molecule has 4 fully saturated rings. The second kappa shape index (κ2) is 12.9. The number of hydrogen-bond donors (Lipinski definition) is 3. The molecule has 1 heterocycles. The lowest BCUT2D eigenvalue weighted by Gasteiger charge is -2.64. The van der Waals surface area contributed by atoms with Crippen molar-refractivity contribution >= 4 is 24.8 Å². The number of amides is 1. The number of nitrogens with zero attached hydrogens (tertiary/aromatic N) is 2. The summed E-state index contributed by atoms with van der Waals surface area (Å²) in [7, 11) is -0.675. The zero-order chi connectivity index (χ0) is 31.7. The Hall–Kier alpha value is -3.13. The Bertz CT molecular complexity index is 1270. The van der Waals surface area contributed by atoms with Crippen molar-refractivity contribution < 1.29 is 32.7 Å². The van der Waals surface area contributed by atoms with Crippen molar-refractivity contribution in [2.24, 2.45) is 39.8 Å². The third kappa shape index (κ3) is 7.00. The van der Waals surface area contributed by atoms with Gasteiger partial charge in [0.05, 0.1) is 23.2 Å². The number of ketones is 1. The average molecular weight is 605 g/mol. The number of benzene rings is 1. The maximum absolute atomic E-state index is 14.4. The number of carbonyl (C=O) groups is 2. The standard InChI is InChI=1S/C29H42BF2N5O6/c1-16(2)12-24(30-42-23-15-18-14-22(28(18,3)4)29(23,5)43-30)35-26(39)17(8-7-11-34-27(33)36-37(40)41)13-21(38)19-9-6-10-20(31)25(19)32/h6,9-10,16-18,22-24H,7-8,11-15H2,1-5H3,(H,35,39)(H3,33,34,36)/t17-,18-,22-,23-,24+,29+/m1/s1. The van der Waals surface area contributed by atoms with Crippen LogP contribution in [0.4, 0.5) is 8.78 Å². The highest BCUT2D eigenvalue weighted by molar-refractivity contribution is 6.47. The van der Waals surface area contributed by atoms with E-state index < -0.39 is 64.5 Å². The van der Waals surface area contributed by atoms with Crippen LogP contribution in [0.25, 0.3) is 0 Å².